The summed E-state index contributed by atoms with van der Waals surface area (Å²) in [6.45, 7) is -0.569. The van der Waals surface area contributed by atoms with E-state index in [-0.39, 0.29) is 18.4 Å². The van der Waals surface area contributed by atoms with Gasteiger partial charge in [-0.05, 0) is 44.9 Å². The van der Waals surface area contributed by atoms with E-state index in [1.54, 1.807) is 18.7 Å². The smallest absolute Gasteiger partial charge is 0.306 e. The molecular formula is C28H39N7O8. The van der Waals surface area contributed by atoms with Gasteiger partial charge in [-0.3, -0.25) is 4.79 Å². The van der Waals surface area contributed by atoms with E-state index >= 15 is 0 Å². The van der Waals surface area contributed by atoms with E-state index in [4.69, 9.17) is 35.9 Å². The van der Waals surface area contributed by atoms with Crippen molar-refractivity contribution in [2.45, 2.75) is 56.0 Å². The fraction of sp³-hybridized carbons (Fsp3) is 0.500. The highest BCUT2D eigenvalue weighted by atomic mass is 16.5. The number of aliphatic carboxylic acids is 1. The van der Waals surface area contributed by atoms with Crippen molar-refractivity contribution in [2.24, 2.45) is 5.92 Å². The molecule has 234 valence electrons. The topological polar surface area (TPSA) is 245 Å². The third-order valence-electron chi connectivity index (χ3n) is 7.76. The standard InChI is InChI=1S/C21H22N6O3.C7H17NO5/c1-30-15-4-2-3-13-9-14(25-16(13)15)17-18-19(22)23-10-24-27(18)20(26-17)11-5-7-12(8-6-11)21(28)29;1-8-2-4(10)6(12)7(13)5(11)3-9/h2-4,9-12,25H,5-8H2,1H3,(H,28,29)(H2,22,23,24);4-13H,2-3H2,1H3/t;4-,5+,6+,7+/m.0/s1. The fourth-order valence-electron chi connectivity index (χ4n) is 5.35. The van der Waals surface area contributed by atoms with E-state index in [0.29, 0.717) is 29.9 Å². The lowest BCUT2D eigenvalue weighted by Gasteiger charge is -2.25. The number of aliphatic hydroxyl groups excluding tert-OH is 5. The number of likely N-dealkylation sites (N-methyl/N-ethyl adjacent to an activating group) is 1. The van der Waals surface area contributed by atoms with Crippen molar-refractivity contribution >= 4 is 28.2 Å². The zero-order valence-electron chi connectivity index (χ0n) is 24.0. The Labute approximate surface area is 247 Å². The molecule has 0 aliphatic heterocycles. The van der Waals surface area contributed by atoms with Crippen molar-refractivity contribution < 1.29 is 40.2 Å². The van der Waals surface area contributed by atoms with E-state index in [2.05, 4.69) is 20.4 Å². The number of nitrogen functional groups attached to an aromatic ring is 1. The Balaban J connectivity index is 0.000000277. The number of aromatic nitrogens is 5. The van der Waals surface area contributed by atoms with Gasteiger partial charge in [0.1, 0.15) is 47.4 Å². The summed E-state index contributed by atoms with van der Waals surface area (Å²) in [5.41, 5.74) is 9.24. The van der Waals surface area contributed by atoms with Crippen molar-refractivity contribution in [1.82, 2.24) is 29.9 Å². The Morgan fingerprint density at radius 2 is 1.86 bits per heavy atom. The van der Waals surface area contributed by atoms with Crippen LogP contribution in [0.3, 0.4) is 0 Å². The minimum Gasteiger partial charge on any atom is -0.495 e. The van der Waals surface area contributed by atoms with Gasteiger partial charge in [0, 0.05) is 17.8 Å². The number of H-pyrrole nitrogens is 1. The lowest BCUT2D eigenvalue weighted by molar-refractivity contribution is -0.142. The maximum atomic E-state index is 11.3. The van der Waals surface area contributed by atoms with Crippen molar-refractivity contribution in [2.75, 3.05) is 33.0 Å². The number of nitrogens with one attached hydrogen (secondary N) is 2. The third kappa shape index (κ3) is 6.87. The summed E-state index contributed by atoms with van der Waals surface area (Å²) < 4.78 is 7.22. The summed E-state index contributed by atoms with van der Waals surface area (Å²) in [4.78, 5) is 23.8. The molecule has 3 aromatic heterocycles. The number of hydrogen-bond donors (Lipinski definition) is 9. The van der Waals surface area contributed by atoms with Crippen LogP contribution in [-0.2, 0) is 4.79 Å². The third-order valence-corrected chi connectivity index (χ3v) is 7.76. The van der Waals surface area contributed by atoms with E-state index in [0.717, 1.165) is 41.0 Å². The number of ether oxygens (including phenoxy) is 1. The Morgan fingerprint density at radius 3 is 2.49 bits per heavy atom. The maximum Gasteiger partial charge on any atom is 0.306 e. The molecule has 10 N–H and O–H groups in total. The van der Waals surface area contributed by atoms with Gasteiger partial charge in [-0.15, -0.1) is 0 Å². The van der Waals surface area contributed by atoms with Gasteiger partial charge in [-0.1, -0.05) is 12.1 Å². The second-order valence-corrected chi connectivity index (χ2v) is 10.6. The molecule has 3 heterocycles. The molecule has 1 aromatic carbocycles. The summed E-state index contributed by atoms with van der Waals surface area (Å²) in [6, 6.07) is 7.85. The molecule has 1 fully saturated rings. The first-order chi connectivity index (χ1) is 20.6. The molecule has 0 amide bonds. The summed E-state index contributed by atoms with van der Waals surface area (Å²) >= 11 is 0. The highest BCUT2D eigenvalue weighted by Gasteiger charge is 2.31. The number of aliphatic hydroxyl groups is 5. The molecule has 0 unspecified atom stereocenters. The Kier molecular flexibility index (Phi) is 10.5. The van der Waals surface area contributed by atoms with Crippen molar-refractivity contribution in [3.8, 4) is 17.1 Å². The molecule has 0 saturated heterocycles. The number of carboxylic acid groups (broad SMARTS) is 1. The van der Waals surface area contributed by atoms with Gasteiger partial charge in [0.05, 0.1) is 36.9 Å². The number of rotatable bonds is 10. The van der Waals surface area contributed by atoms with Crippen molar-refractivity contribution in [3.63, 3.8) is 0 Å². The number of imidazole rings is 1. The first kappa shape index (κ1) is 32.1. The van der Waals surface area contributed by atoms with Gasteiger partial charge < -0.3 is 51.4 Å². The summed E-state index contributed by atoms with van der Waals surface area (Å²) in [7, 11) is 3.21. The first-order valence-electron chi connectivity index (χ1n) is 14.0. The number of nitrogens with zero attached hydrogens (tertiary/aromatic N) is 4. The van der Waals surface area contributed by atoms with Crippen LogP contribution in [-0.4, -0.2) is 113 Å². The van der Waals surface area contributed by atoms with Gasteiger partial charge in [-0.25, -0.2) is 14.5 Å². The molecule has 1 aliphatic carbocycles. The zero-order valence-corrected chi connectivity index (χ0v) is 24.0. The van der Waals surface area contributed by atoms with Crippen LogP contribution in [0.1, 0.15) is 37.4 Å². The predicted molar refractivity (Wildman–Crippen MR) is 156 cm³/mol. The number of benzene rings is 1. The molecule has 43 heavy (non-hydrogen) atoms. The molecule has 15 nitrogen and oxygen atoms in total. The molecule has 0 bridgehead atoms. The number of carbonyl (C=O) groups is 1. The lowest BCUT2D eigenvalue weighted by atomic mass is 9.82. The van der Waals surface area contributed by atoms with Gasteiger partial charge >= 0.3 is 5.97 Å². The summed E-state index contributed by atoms with van der Waals surface area (Å²) in [6.07, 6.45) is -1.46. The van der Waals surface area contributed by atoms with Crippen LogP contribution in [0, 0.1) is 5.92 Å². The lowest BCUT2D eigenvalue weighted by Crippen LogP contribution is -2.48. The van der Waals surface area contributed by atoms with E-state index < -0.39 is 37.0 Å². The number of carboxylic acids is 1. The Morgan fingerprint density at radius 1 is 1.16 bits per heavy atom. The largest absolute Gasteiger partial charge is 0.495 e. The minimum atomic E-state index is -1.55. The minimum absolute atomic E-state index is 0.0936. The van der Waals surface area contributed by atoms with Crippen molar-refractivity contribution in [1.29, 1.82) is 0 Å². The average molecular weight is 602 g/mol. The summed E-state index contributed by atoms with van der Waals surface area (Å²) in [5, 5.41) is 62.2. The van der Waals surface area contributed by atoms with Crippen LogP contribution in [0.2, 0.25) is 0 Å². The second-order valence-electron chi connectivity index (χ2n) is 10.6. The molecule has 1 saturated carbocycles. The van der Waals surface area contributed by atoms with Crippen LogP contribution in [0.5, 0.6) is 5.75 Å². The molecule has 4 atom stereocenters. The zero-order chi connectivity index (χ0) is 31.3. The van der Waals surface area contributed by atoms with Gasteiger partial charge in [-0.2, -0.15) is 5.10 Å². The Bertz CT molecular complexity index is 1520. The quantitative estimate of drug-likeness (QED) is 0.115. The maximum absolute atomic E-state index is 11.3. The molecule has 1 aliphatic rings. The number of para-hydroxylation sites is 1. The number of aromatic amines is 1. The normalized spacial score (nSPS) is 19.8. The molecule has 5 rings (SSSR count). The van der Waals surface area contributed by atoms with Crippen LogP contribution in [0.15, 0.2) is 30.6 Å². The number of methoxy groups -OCH3 is 1. The van der Waals surface area contributed by atoms with E-state index in [9.17, 15) is 15.0 Å². The molecule has 4 aromatic rings. The SMILES string of the molecule is CNC[C@H](O)[C@@H](O)[C@H](O)[C@H](O)CO.COc1cccc2cc(-c3nc(C4CCC(C(=O)O)CC4)n4ncnc(N)c34)[nH]c12. The first-order valence-corrected chi connectivity index (χ1v) is 14.0. The monoisotopic (exact) mass is 601 g/mol. The highest BCUT2D eigenvalue weighted by Crippen LogP contribution is 2.39. The van der Waals surface area contributed by atoms with Gasteiger partial charge in [0.15, 0.2) is 5.82 Å². The van der Waals surface area contributed by atoms with Crippen LogP contribution in [0.4, 0.5) is 5.82 Å². The van der Waals surface area contributed by atoms with Crippen LogP contribution >= 0.6 is 0 Å². The highest BCUT2D eigenvalue weighted by molar-refractivity contribution is 5.93. The van der Waals surface area contributed by atoms with E-state index in [1.807, 2.05) is 24.3 Å². The average Bonchev–Trinajstić information content (AvgIpc) is 3.63. The second kappa shape index (κ2) is 14.1. The van der Waals surface area contributed by atoms with Gasteiger partial charge in [0.2, 0.25) is 0 Å². The Hall–Kier alpha value is -3.86. The fourth-order valence-corrected chi connectivity index (χ4v) is 5.35. The molecular weight excluding hydrogens is 562 g/mol. The number of nitrogens with two attached hydrogens (primary N) is 1. The van der Waals surface area contributed by atoms with Crippen molar-refractivity contribution in [3.05, 3.63) is 36.4 Å². The molecule has 0 spiro atoms. The van der Waals surface area contributed by atoms with Crippen LogP contribution < -0.4 is 15.8 Å². The predicted octanol–water partition coefficient (Wildman–Crippen LogP) is -0.136. The van der Waals surface area contributed by atoms with Gasteiger partial charge in [0.25, 0.3) is 0 Å². The number of anilines is 1. The molecule has 15 heteroatoms. The summed E-state index contributed by atoms with van der Waals surface area (Å²) in [5.74, 6) is 1.01. The van der Waals surface area contributed by atoms with Crippen LogP contribution in [0.25, 0.3) is 27.8 Å². The van der Waals surface area contributed by atoms with E-state index in [1.165, 1.54) is 6.33 Å². The number of hydrogen-bond acceptors (Lipinski definition) is 12. The molecule has 0 radical (unpaired) electrons. The number of fused-ring (bicyclic) bond motifs is 2.